The molecule has 6 rings (SSSR count). The van der Waals surface area contributed by atoms with Gasteiger partial charge in [0.05, 0.1) is 0 Å². The van der Waals surface area contributed by atoms with Crippen LogP contribution in [0.4, 0.5) is 11.5 Å². The van der Waals surface area contributed by atoms with Crippen LogP contribution in [0.15, 0.2) is 24.5 Å². The van der Waals surface area contributed by atoms with Gasteiger partial charge in [-0.25, -0.2) is 9.97 Å². The van der Waals surface area contributed by atoms with Gasteiger partial charge in [-0.05, 0) is 80.6 Å². The first kappa shape index (κ1) is 20.9. The van der Waals surface area contributed by atoms with Crippen LogP contribution >= 0.6 is 24.8 Å². The Labute approximate surface area is 185 Å². The molecule has 2 fully saturated rings. The van der Waals surface area contributed by atoms with Crippen LogP contribution in [0.1, 0.15) is 73.2 Å². The number of nitrogens with zero attached hydrogens (tertiary/aromatic N) is 3. The van der Waals surface area contributed by atoms with Crippen molar-refractivity contribution in [3.8, 4) is 0 Å². The molecule has 1 N–H and O–H groups in total. The number of piperidine rings is 1. The molecule has 29 heavy (non-hydrogen) atoms. The van der Waals surface area contributed by atoms with Crippen LogP contribution in [0.3, 0.4) is 0 Å². The summed E-state index contributed by atoms with van der Waals surface area (Å²) < 4.78 is 0. The zero-order valence-electron chi connectivity index (χ0n) is 17.0. The highest BCUT2D eigenvalue weighted by atomic mass is 35.5. The van der Waals surface area contributed by atoms with Crippen molar-refractivity contribution in [3.63, 3.8) is 0 Å². The van der Waals surface area contributed by atoms with Crippen LogP contribution in [-0.2, 0) is 11.8 Å². The molecule has 1 saturated heterocycles. The maximum Gasteiger partial charge on any atom is 0.140 e. The van der Waals surface area contributed by atoms with E-state index in [2.05, 4.69) is 40.3 Å². The summed E-state index contributed by atoms with van der Waals surface area (Å²) in [6.07, 6.45) is 9.29. The number of hydrogen-bond donors (Lipinski definition) is 1. The molecular formula is C23H30Cl2N4. The molecule has 2 aliphatic carbocycles. The Morgan fingerprint density at radius 2 is 1.86 bits per heavy atom. The third-order valence-corrected chi connectivity index (χ3v) is 7.46. The molecule has 0 radical (unpaired) electrons. The Bertz CT molecular complexity index is 906. The predicted molar refractivity (Wildman–Crippen MR) is 122 cm³/mol. The van der Waals surface area contributed by atoms with Gasteiger partial charge >= 0.3 is 0 Å². The molecule has 0 unspecified atom stereocenters. The molecule has 4 nitrogen and oxygen atoms in total. The van der Waals surface area contributed by atoms with E-state index in [4.69, 9.17) is 4.98 Å². The molecule has 0 bridgehead atoms. The van der Waals surface area contributed by atoms with E-state index < -0.39 is 0 Å². The van der Waals surface area contributed by atoms with E-state index in [0.29, 0.717) is 5.92 Å². The van der Waals surface area contributed by atoms with Crippen molar-refractivity contribution in [2.45, 2.75) is 62.7 Å². The standard InChI is InChI=1S/C23H28N4.2ClH/c1-15-2-6-19-21(15)22(26-14-25-19)27-13-23(8-10-24-11-9-23)18-12-17(16-3-4-16)5-7-20(18)27;;/h5,7,12,14-16,24H,2-4,6,8-11,13H2,1H3;2*1H/t15-;;/m1../s1. The van der Waals surface area contributed by atoms with E-state index in [0.717, 1.165) is 32.0 Å². The summed E-state index contributed by atoms with van der Waals surface area (Å²) in [5.41, 5.74) is 7.52. The zero-order chi connectivity index (χ0) is 18.0. The fraction of sp³-hybridized carbons (Fsp3) is 0.565. The van der Waals surface area contributed by atoms with Gasteiger partial charge in [-0.3, -0.25) is 0 Å². The lowest BCUT2D eigenvalue weighted by Gasteiger charge is -2.35. The molecule has 1 aromatic carbocycles. The van der Waals surface area contributed by atoms with E-state index in [1.807, 2.05) is 0 Å². The average molecular weight is 433 g/mol. The fourth-order valence-corrected chi connectivity index (χ4v) is 5.72. The van der Waals surface area contributed by atoms with Crippen molar-refractivity contribution in [1.29, 1.82) is 0 Å². The van der Waals surface area contributed by atoms with E-state index in [1.54, 1.807) is 17.5 Å². The summed E-state index contributed by atoms with van der Waals surface area (Å²) in [5, 5.41) is 3.58. The molecule has 3 heterocycles. The highest BCUT2D eigenvalue weighted by Gasteiger charge is 2.45. The van der Waals surface area contributed by atoms with Crippen LogP contribution in [0.25, 0.3) is 0 Å². The summed E-state index contributed by atoms with van der Waals surface area (Å²) in [6, 6.07) is 7.34. The predicted octanol–water partition coefficient (Wildman–Crippen LogP) is 5.02. The lowest BCUT2D eigenvalue weighted by molar-refractivity contribution is 0.329. The van der Waals surface area contributed by atoms with E-state index >= 15 is 0 Å². The van der Waals surface area contributed by atoms with Gasteiger partial charge in [-0.15, -0.1) is 24.8 Å². The lowest BCUT2D eigenvalue weighted by atomic mass is 9.74. The van der Waals surface area contributed by atoms with Crippen LogP contribution in [0.2, 0.25) is 0 Å². The van der Waals surface area contributed by atoms with Gasteiger partial charge in [0.1, 0.15) is 12.1 Å². The first-order valence-corrected chi connectivity index (χ1v) is 10.7. The van der Waals surface area contributed by atoms with Gasteiger partial charge in [-0.1, -0.05) is 19.1 Å². The molecule has 1 spiro atoms. The first-order chi connectivity index (χ1) is 13.3. The Morgan fingerprint density at radius 1 is 1.07 bits per heavy atom. The molecule has 0 amide bonds. The molecule has 2 aliphatic heterocycles. The number of benzene rings is 1. The van der Waals surface area contributed by atoms with E-state index in [-0.39, 0.29) is 30.2 Å². The van der Waals surface area contributed by atoms with Crippen LogP contribution in [0, 0.1) is 0 Å². The summed E-state index contributed by atoms with van der Waals surface area (Å²) in [4.78, 5) is 12.0. The number of nitrogens with one attached hydrogen (secondary N) is 1. The van der Waals surface area contributed by atoms with Crippen molar-refractivity contribution in [2.24, 2.45) is 0 Å². The number of fused-ring (bicyclic) bond motifs is 3. The van der Waals surface area contributed by atoms with Crippen LogP contribution < -0.4 is 10.2 Å². The highest BCUT2D eigenvalue weighted by molar-refractivity contribution is 5.85. The monoisotopic (exact) mass is 432 g/mol. The minimum Gasteiger partial charge on any atom is -0.325 e. The van der Waals surface area contributed by atoms with E-state index in [9.17, 15) is 0 Å². The normalized spacial score (nSPS) is 23.9. The first-order valence-electron chi connectivity index (χ1n) is 10.7. The largest absolute Gasteiger partial charge is 0.325 e. The number of aromatic nitrogens is 2. The molecule has 2 aromatic rings. The van der Waals surface area contributed by atoms with Gasteiger partial charge in [0.15, 0.2) is 0 Å². The summed E-state index contributed by atoms with van der Waals surface area (Å²) >= 11 is 0. The SMILES string of the molecule is C[C@@H]1CCc2ncnc(N3CC4(CCNCC4)c4cc(C5CC5)ccc43)c21.Cl.Cl. The second-order valence-corrected chi connectivity index (χ2v) is 9.16. The second kappa shape index (κ2) is 7.72. The maximum absolute atomic E-state index is 4.83. The second-order valence-electron chi connectivity index (χ2n) is 9.16. The van der Waals surface area contributed by atoms with Crippen LogP contribution in [-0.4, -0.2) is 29.6 Å². The smallest absolute Gasteiger partial charge is 0.140 e. The number of hydrogen-bond acceptors (Lipinski definition) is 4. The third-order valence-electron chi connectivity index (χ3n) is 7.46. The number of anilines is 2. The average Bonchev–Trinajstić information content (AvgIpc) is 3.43. The maximum atomic E-state index is 4.83. The minimum absolute atomic E-state index is 0. The molecule has 156 valence electrons. The number of halogens is 2. The lowest BCUT2D eigenvalue weighted by Crippen LogP contribution is -2.42. The molecule has 1 aromatic heterocycles. The fourth-order valence-electron chi connectivity index (χ4n) is 5.72. The van der Waals surface area contributed by atoms with Gasteiger partial charge in [0.25, 0.3) is 0 Å². The molecule has 6 heteroatoms. The van der Waals surface area contributed by atoms with E-state index in [1.165, 1.54) is 54.9 Å². The van der Waals surface area contributed by atoms with Crippen molar-refractivity contribution in [2.75, 3.05) is 24.5 Å². The topological polar surface area (TPSA) is 41.1 Å². The molecular weight excluding hydrogens is 403 g/mol. The van der Waals surface area contributed by atoms with Crippen molar-refractivity contribution >= 4 is 36.3 Å². The van der Waals surface area contributed by atoms with Gasteiger partial charge in [-0.2, -0.15) is 0 Å². The molecule has 1 atom stereocenters. The van der Waals surface area contributed by atoms with Gasteiger partial charge in [0, 0.05) is 28.9 Å². The van der Waals surface area contributed by atoms with Crippen LogP contribution in [0.5, 0.6) is 0 Å². The van der Waals surface area contributed by atoms with Gasteiger partial charge < -0.3 is 10.2 Å². The Kier molecular flexibility index (Phi) is 5.56. The minimum atomic E-state index is 0. The van der Waals surface area contributed by atoms with Crippen molar-refractivity contribution < 1.29 is 0 Å². The summed E-state index contributed by atoms with van der Waals surface area (Å²) in [6.45, 7) is 5.67. The quantitative estimate of drug-likeness (QED) is 0.722. The number of rotatable bonds is 2. The van der Waals surface area contributed by atoms with Crippen molar-refractivity contribution in [1.82, 2.24) is 15.3 Å². The number of aryl methyl sites for hydroxylation is 1. The Balaban J connectivity index is 0.00000102. The highest BCUT2D eigenvalue weighted by Crippen LogP contribution is 2.52. The zero-order valence-corrected chi connectivity index (χ0v) is 18.6. The summed E-state index contributed by atoms with van der Waals surface area (Å²) in [5.74, 6) is 2.56. The third kappa shape index (κ3) is 3.24. The van der Waals surface area contributed by atoms with Crippen molar-refractivity contribution in [3.05, 3.63) is 46.9 Å². The molecule has 1 saturated carbocycles. The molecule has 4 aliphatic rings. The summed E-state index contributed by atoms with van der Waals surface area (Å²) in [7, 11) is 0. The van der Waals surface area contributed by atoms with Gasteiger partial charge in [0.2, 0.25) is 0 Å². The Hall–Kier alpha value is -1.36. The Morgan fingerprint density at radius 3 is 2.62 bits per heavy atom.